The summed E-state index contributed by atoms with van der Waals surface area (Å²) < 4.78 is 6.95. The van der Waals surface area contributed by atoms with Crippen LogP contribution in [0.15, 0.2) is 29.1 Å². The summed E-state index contributed by atoms with van der Waals surface area (Å²) in [6.45, 7) is 3.30. The summed E-state index contributed by atoms with van der Waals surface area (Å²) in [7, 11) is 0. The summed E-state index contributed by atoms with van der Waals surface area (Å²) >= 11 is 0. The molecule has 2 heterocycles. The lowest BCUT2D eigenvalue weighted by molar-refractivity contribution is 0.0854. The van der Waals surface area contributed by atoms with Gasteiger partial charge in [0.25, 0.3) is 11.5 Å². The first-order valence-corrected chi connectivity index (χ1v) is 7.87. The second kappa shape index (κ2) is 6.42. The Morgan fingerprint density at radius 3 is 2.91 bits per heavy atom. The van der Waals surface area contributed by atoms with Crippen LogP contribution in [-0.4, -0.2) is 34.8 Å². The van der Waals surface area contributed by atoms with E-state index in [2.05, 4.69) is 5.32 Å². The van der Waals surface area contributed by atoms with Gasteiger partial charge in [0.1, 0.15) is 11.3 Å². The Morgan fingerprint density at radius 1 is 1.43 bits per heavy atom. The molecular weight excluding hydrogens is 296 g/mol. The lowest BCUT2D eigenvalue weighted by Crippen LogP contribution is -2.36. The van der Waals surface area contributed by atoms with Gasteiger partial charge in [-0.3, -0.25) is 9.59 Å². The molecule has 0 saturated carbocycles. The summed E-state index contributed by atoms with van der Waals surface area (Å²) in [4.78, 5) is 25.0. The summed E-state index contributed by atoms with van der Waals surface area (Å²) in [5, 5.41) is 13.6. The lowest BCUT2D eigenvalue weighted by atomic mass is 10.1. The van der Waals surface area contributed by atoms with Crippen LogP contribution in [0.1, 0.15) is 30.1 Å². The maximum atomic E-state index is 12.6. The molecule has 1 aliphatic heterocycles. The Morgan fingerprint density at radius 2 is 2.22 bits per heavy atom. The average molecular weight is 316 g/mol. The number of fused-ring (bicyclic) bond motifs is 1. The molecule has 1 saturated heterocycles. The maximum absolute atomic E-state index is 12.6. The molecule has 2 aromatic rings. The number of nitrogens with zero attached hydrogens (tertiary/aromatic N) is 1. The first-order valence-electron chi connectivity index (χ1n) is 7.87. The lowest BCUT2D eigenvalue weighted by Gasteiger charge is -2.15. The van der Waals surface area contributed by atoms with Crippen molar-refractivity contribution in [3.63, 3.8) is 0 Å². The van der Waals surface area contributed by atoms with Crippen molar-refractivity contribution in [2.24, 2.45) is 0 Å². The predicted molar refractivity (Wildman–Crippen MR) is 86.9 cm³/mol. The van der Waals surface area contributed by atoms with E-state index in [0.29, 0.717) is 30.6 Å². The van der Waals surface area contributed by atoms with Crippen molar-refractivity contribution in [3.05, 3.63) is 40.2 Å². The molecule has 0 bridgehead atoms. The summed E-state index contributed by atoms with van der Waals surface area (Å²) in [5.74, 6) is -0.823. The number of para-hydroxylation sites is 1. The fourth-order valence-electron chi connectivity index (χ4n) is 3.01. The number of aromatic nitrogens is 1. The van der Waals surface area contributed by atoms with Gasteiger partial charge in [0.2, 0.25) is 0 Å². The molecule has 1 amide bonds. The number of rotatable bonds is 4. The molecule has 1 aliphatic rings. The number of hydrogen-bond acceptors (Lipinski definition) is 4. The second-order valence-corrected chi connectivity index (χ2v) is 5.64. The number of aryl methyl sites for hydroxylation is 1. The van der Waals surface area contributed by atoms with E-state index in [-0.39, 0.29) is 17.4 Å². The normalized spacial score (nSPS) is 17.5. The molecule has 1 fully saturated rings. The standard InChI is InChI=1S/C17H20N2O4/c1-2-19-13-8-4-3-7-12(13)15(20)14(17(19)22)16(21)18-10-11-6-5-9-23-11/h3-4,7-8,11,20H,2,5-6,9-10H2,1H3,(H,18,21)/t11-/m0/s1. The van der Waals surface area contributed by atoms with E-state index in [1.165, 1.54) is 4.57 Å². The minimum Gasteiger partial charge on any atom is -0.506 e. The summed E-state index contributed by atoms with van der Waals surface area (Å²) in [6, 6.07) is 7.02. The third kappa shape index (κ3) is 2.82. The molecule has 2 N–H and O–H groups in total. The average Bonchev–Trinajstić information content (AvgIpc) is 3.07. The van der Waals surface area contributed by atoms with E-state index in [1.807, 2.05) is 6.92 Å². The molecule has 1 aromatic carbocycles. The highest BCUT2D eigenvalue weighted by molar-refractivity contribution is 6.02. The highest BCUT2D eigenvalue weighted by Crippen LogP contribution is 2.26. The SMILES string of the molecule is CCn1c(=O)c(C(=O)NC[C@@H]2CCCO2)c(O)c2ccccc21. The van der Waals surface area contributed by atoms with Crippen molar-refractivity contribution in [2.45, 2.75) is 32.4 Å². The van der Waals surface area contributed by atoms with Crippen molar-refractivity contribution in [2.75, 3.05) is 13.2 Å². The number of nitrogens with one attached hydrogen (secondary N) is 1. The first kappa shape index (κ1) is 15.6. The van der Waals surface area contributed by atoms with Crippen LogP contribution >= 0.6 is 0 Å². The molecule has 1 atom stereocenters. The quantitative estimate of drug-likeness (QED) is 0.898. The van der Waals surface area contributed by atoms with Gasteiger partial charge in [-0.15, -0.1) is 0 Å². The molecule has 6 heteroatoms. The van der Waals surface area contributed by atoms with E-state index < -0.39 is 11.5 Å². The van der Waals surface area contributed by atoms with Gasteiger partial charge in [0, 0.05) is 25.1 Å². The third-order valence-corrected chi connectivity index (χ3v) is 4.20. The molecule has 0 radical (unpaired) electrons. The zero-order valence-electron chi connectivity index (χ0n) is 13.0. The van der Waals surface area contributed by atoms with Crippen LogP contribution < -0.4 is 10.9 Å². The van der Waals surface area contributed by atoms with Crippen molar-refractivity contribution in [3.8, 4) is 5.75 Å². The Bertz CT molecular complexity index is 791. The number of pyridine rings is 1. The van der Waals surface area contributed by atoms with Gasteiger partial charge in [-0.1, -0.05) is 12.1 Å². The van der Waals surface area contributed by atoms with E-state index in [0.717, 1.165) is 12.8 Å². The highest BCUT2D eigenvalue weighted by atomic mass is 16.5. The van der Waals surface area contributed by atoms with Gasteiger partial charge in [-0.05, 0) is 31.9 Å². The van der Waals surface area contributed by atoms with Crippen LogP contribution in [0.4, 0.5) is 0 Å². The Kier molecular flexibility index (Phi) is 4.34. The molecule has 23 heavy (non-hydrogen) atoms. The van der Waals surface area contributed by atoms with Crippen LogP contribution in [0, 0.1) is 0 Å². The van der Waals surface area contributed by atoms with Gasteiger partial charge in [-0.25, -0.2) is 0 Å². The fraction of sp³-hybridized carbons (Fsp3) is 0.412. The largest absolute Gasteiger partial charge is 0.506 e. The van der Waals surface area contributed by atoms with Crippen molar-refractivity contribution in [1.82, 2.24) is 9.88 Å². The van der Waals surface area contributed by atoms with Gasteiger partial charge in [0.15, 0.2) is 0 Å². The number of carbonyl (C=O) groups is 1. The van der Waals surface area contributed by atoms with Crippen LogP contribution in [0.2, 0.25) is 0 Å². The Labute approximate surface area is 133 Å². The second-order valence-electron chi connectivity index (χ2n) is 5.64. The monoisotopic (exact) mass is 316 g/mol. The number of hydrogen-bond donors (Lipinski definition) is 2. The number of carbonyl (C=O) groups excluding carboxylic acids is 1. The number of aromatic hydroxyl groups is 1. The van der Waals surface area contributed by atoms with E-state index in [9.17, 15) is 14.7 Å². The topological polar surface area (TPSA) is 80.6 Å². The summed E-state index contributed by atoms with van der Waals surface area (Å²) in [6.07, 6.45) is 1.85. The molecule has 122 valence electrons. The van der Waals surface area contributed by atoms with Gasteiger partial charge in [-0.2, -0.15) is 0 Å². The molecular formula is C17H20N2O4. The minimum absolute atomic E-state index is 0.0186. The summed E-state index contributed by atoms with van der Waals surface area (Å²) in [5.41, 5.74) is -0.0646. The van der Waals surface area contributed by atoms with Crippen molar-refractivity contribution in [1.29, 1.82) is 0 Å². The Balaban J connectivity index is 1.99. The van der Waals surface area contributed by atoms with Gasteiger partial charge >= 0.3 is 0 Å². The smallest absolute Gasteiger partial charge is 0.267 e. The van der Waals surface area contributed by atoms with E-state index in [1.54, 1.807) is 24.3 Å². The number of amides is 1. The van der Waals surface area contributed by atoms with E-state index in [4.69, 9.17) is 4.74 Å². The van der Waals surface area contributed by atoms with Crippen molar-refractivity contribution < 1.29 is 14.6 Å². The van der Waals surface area contributed by atoms with Crippen LogP contribution in [0.25, 0.3) is 10.9 Å². The number of benzene rings is 1. The van der Waals surface area contributed by atoms with Crippen LogP contribution in [0.3, 0.4) is 0 Å². The zero-order valence-corrected chi connectivity index (χ0v) is 13.0. The maximum Gasteiger partial charge on any atom is 0.267 e. The highest BCUT2D eigenvalue weighted by Gasteiger charge is 2.23. The first-order chi connectivity index (χ1) is 11.1. The predicted octanol–water partition coefficient (Wildman–Crippen LogP) is 1.64. The van der Waals surface area contributed by atoms with Crippen LogP contribution in [0.5, 0.6) is 5.75 Å². The Hall–Kier alpha value is -2.34. The zero-order chi connectivity index (χ0) is 16.4. The van der Waals surface area contributed by atoms with Gasteiger partial charge in [0.05, 0.1) is 11.6 Å². The molecule has 0 aliphatic carbocycles. The molecule has 0 spiro atoms. The van der Waals surface area contributed by atoms with Crippen molar-refractivity contribution >= 4 is 16.8 Å². The molecule has 3 rings (SSSR count). The third-order valence-electron chi connectivity index (χ3n) is 4.20. The molecule has 0 unspecified atom stereocenters. The fourth-order valence-corrected chi connectivity index (χ4v) is 3.01. The van der Waals surface area contributed by atoms with Crippen LogP contribution in [-0.2, 0) is 11.3 Å². The molecule has 6 nitrogen and oxygen atoms in total. The minimum atomic E-state index is -0.559. The van der Waals surface area contributed by atoms with E-state index >= 15 is 0 Å². The molecule has 1 aromatic heterocycles. The van der Waals surface area contributed by atoms with Gasteiger partial charge < -0.3 is 19.7 Å². The number of ether oxygens (including phenoxy) is 1.